The first-order valence-electron chi connectivity index (χ1n) is 4.48. The molecule has 0 bridgehead atoms. The molecule has 0 aliphatic carbocycles. The molecule has 0 aliphatic heterocycles. The lowest BCUT2D eigenvalue weighted by molar-refractivity contribution is 0.0644. The smallest absolute Gasteiger partial charge is 0.0700 e. The zero-order valence-corrected chi connectivity index (χ0v) is 8.98. The van der Waals surface area contributed by atoms with Gasteiger partial charge in [0.25, 0.3) is 0 Å². The van der Waals surface area contributed by atoms with E-state index in [2.05, 4.69) is 19.6 Å². The summed E-state index contributed by atoms with van der Waals surface area (Å²) in [5, 5.41) is 0. The molecule has 0 aliphatic rings. The fraction of sp³-hybridized carbons (Fsp3) is 1.00. The molecule has 0 aromatic carbocycles. The summed E-state index contributed by atoms with van der Waals surface area (Å²) in [5.74, 6) is 1.70. The van der Waals surface area contributed by atoms with E-state index in [0.29, 0.717) is 13.2 Å². The van der Waals surface area contributed by atoms with Crippen LogP contribution < -0.4 is 0 Å². The Morgan fingerprint density at radius 1 is 1.17 bits per heavy atom. The van der Waals surface area contributed by atoms with Crippen LogP contribution in [0.25, 0.3) is 0 Å². The Bertz CT molecular complexity index is 88.6. The lowest BCUT2D eigenvalue weighted by Crippen LogP contribution is -2.06. The minimum absolute atomic E-state index is 0.695. The average Bonchev–Trinajstić information content (AvgIpc) is 2.05. The molecule has 0 N–H and O–H groups in total. The first kappa shape index (κ1) is 12.3. The van der Waals surface area contributed by atoms with Gasteiger partial charge in [0, 0.05) is 13.7 Å². The second-order valence-corrected chi connectivity index (χ2v) is 3.46. The van der Waals surface area contributed by atoms with Crippen LogP contribution in [0.3, 0.4) is 0 Å². The molecule has 0 aromatic rings. The van der Waals surface area contributed by atoms with E-state index in [1.807, 2.05) is 0 Å². The largest absolute Gasteiger partial charge is 0.382 e. The third-order valence-electron chi connectivity index (χ3n) is 1.81. The summed E-state index contributed by atoms with van der Waals surface area (Å²) < 4.78 is 10.2. The summed E-state index contributed by atoms with van der Waals surface area (Å²) in [5.41, 5.74) is 0. The SMILES string of the molecule is COCCOCCC(C)CCS. The molecule has 1 atom stereocenters. The summed E-state index contributed by atoms with van der Waals surface area (Å²) >= 11 is 4.18. The van der Waals surface area contributed by atoms with Crippen molar-refractivity contribution in [2.75, 3.05) is 32.7 Å². The number of thiol groups is 1. The quantitative estimate of drug-likeness (QED) is 0.468. The zero-order chi connectivity index (χ0) is 9.23. The van der Waals surface area contributed by atoms with Crippen LogP contribution in [-0.2, 0) is 9.47 Å². The van der Waals surface area contributed by atoms with Crippen LogP contribution in [0.5, 0.6) is 0 Å². The van der Waals surface area contributed by atoms with Crippen LogP contribution in [0.4, 0.5) is 0 Å². The summed E-state index contributed by atoms with van der Waals surface area (Å²) in [4.78, 5) is 0. The standard InChI is InChI=1S/C9H20O2S/c1-9(4-8-12)3-5-11-7-6-10-2/h9,12H,3-8H2,1-2H3. The van der Waals surface area contributed by atoms with Gasteiger partial charge in [-0.2, -0.15) is 12.6 Å². The zero-order valence-electron chi connectivity index (χ0n) is 8.08. The van der Waals surface area contributed by atoms with Crippen molar-refractivity contribution >= 4 is 12.6 Å². The number of rotatable bonds is 8. The Kier molecular flexibility index (Phi) is 9.57. The molecule has 0 rings (SSSR count). The van der Waals surface area contributed by atoms with Gasteiger partial charge in [-0.1, -0.05) is 6.92 Å². The number of hydrogen-bond acceptors (Lipinski definition) is 3. The lowest BCUT2D eigenvalue weighted by atomic mass is 10.1. The van der Waals surface area contributed by atoms with Crippen molar-refractivity contribution in [1.29, 1.82) is 0 Å². The Hall–Kier alpha value is 0.270. The molecule has 2 nitrogen and oxygen atoms in total. The summed E-state index contributed by atoms with van der Waals surface area (Å²) in [7, 11) is 1.69. The van der Waals surface area contributed by atoms with E-state index in [9.17, 15) is 0 Å². The van der Waals surface area contributed by atoms with Crippen LogP contribution in [0.15, 0.2) is 0 Å². The number of methoxy groups -OCH3 is 1. The molecule has 0 aromatic heterocycles. The van der Waals surface area contributed by atoms with Gasteiger partial charge in [0.15, 0.2) is 0 Å². The lowest BCUT2D eigenvalue weighted by Gasteiger charge is -2.09. The van der Waals surface area contributed by atoms with Crippen molar-refractivity contribution in [2.24, 2.45) is 5.92 Å². The van der Waals surface area contributed by atoms with Crippen molar-refractivity contribution in [3.05, 3.63) is 0 Å². The van der Waals surface area contributed by atoms with Crippen molar-refractivity contribution in [3.8, 4) is 0 Å². The van der Waals surface area contributed by atoms with E-state index in [1.165, 1.54) is 6.42 Å². The maximum atomic E-state index is 5.34. The molecule has 0 amide bonds. The summed E-state index contributed by atoms with van der Waals surface area (Å²) in [6.07, 6.45) is 2.31. The maximum Gasteiger partial charge on any atom is 0.0700 e. The molecular formula is C9H20O2S. The molecule has 0 heterocycles. The highest BCUT2D eigenvalue weighted by Crippen LogP contribution is 2.07. The van der Waals surface area contributed by atoms with Gasteiger partial charge in [-0.3, -0.25) is 0 Å². The Balaban J connectivity index is 2.97. The van der Waals surface area contributed by atoms with E-state index >= 15 is 0 Å². The van der Waals surface area contributed by atoms with E-state index in [4.69, 9.17) is 9.47 Å². The number of hydrogen-bond donors (Lipinski definition) is 1. The fourth-order valence-electron chi connectivity index (χ4n) is 0.894. The van der Waals surface area contributed by atoms with Gasteiger partial charge in [0.05, 0.1) is 13.2 Å². The van der Waals surface area contributed by atoms with E-state index in [0.717, 1.165) is 24.7 Å². The van der Waals surface area contributed by atoms with Crippen molar-refractivity contribution in [1.82, 2.24) is 0 Å². The molecule has 74 valence electrons. The molecule has 0 saturated carbocycles. The second-order valence-electron chi connectivity index (χ2n) is 3.01. The Morgan fingerprint density at radius 3 is 2.50 bits per heavy atom. The Labute approximate surface area is 81.0 Å². The van der Waals surface area contributed by atoms with Gasteiger partial charge < -0.3 is 9.47 Å². The molecular weight excluding hydrogens is 172 g/mol. The second kappa shape index (κ2) is 9.36. The normalized spacial score (nSPS) is 13.2. The molecule has 3 heteroatoms. The maximum absolute atomic E-state index is 5.34. The van der Waals surface area contributed by atoms with E-state index in [-0.39, 0.29) is 0 Å². The average molecular weight is 192 g/mol. The van der Waals surface area contributed by atoms with Crippen LogP contribution in [0.1, 0.15) is 19.8 Å². The van der Waals surface area contributed by atoms with Gasteiger partial charge >= 0.3 is 0 Å². The molecule has 1 unspecified atom stereocenters. The van der Waals surface area contributed by atoms with Crippen LogP contribution >= 0.6 is 12.6 Å². The summed E-state index contributed by atoms with van der Waals surface area (Å²) in [6, 6.07) is 0. The minimum Gasteiger partial charge on any atom is -0.382 e. The van der Waals surface area contributed by atoms with Gasteiger partial charge in [-0.25, -0.2) is 0 Å². The van der Waals surface area contributed by atoms with Crippen molar-refractivity contribution < 1.29 is 9.47 Å². The highest BCUT2D eigenvalue weighted by atomic mass is 32.1. The molecule has 0 spiro atoms. The van der Waals surface area contributed by atoms with Gasteiger partial charge in [-0.15, -0.1) is 0 Å². The summed E-state index contributed by atoms with van der Waals surface area (Å²) in [6.45, 7) is 4.49. The van der Waals surface area contributed by atoms with Crippen molar-refractivity contribution in [2.45, 2.75) is 19.8 Å². The van der Waals surface area contributed by atoms with Crippen LogP contribution in [-0.4, -0.2) is 32.7 Å². The Morgan fingerprint density at radius 2 is 1.92 bits per heavy atom. The molecule has 0 radical (unpaired) electrons. The van der Waals surface area contributed by atoms with Gasteiger partial charge in [-0.05, 0) is 24.5 Å². The predicted octanol–water partition coefficient (Wildman–Crippen LogP) is 2.00. The highest BCUT2D eigenvalue weighted by Gasteiger charge is 1.99. The number of ether oxygens (including phenoxy) is 2. The minimum atomic E-state index is 0.695. The van der Waals surface area contributed by atoms with E-state index in [1.54, 1.807) is 7.11 Å². The predicted molar refractivity (Wildman–Crippen MR) is 54.9 cm³/mol. The fourth-order valence-corrected chi connectivity index (χ4v) is 1.33. The topological polar surface area (TPSA) is 18.5 Å². The molecule has 12 heavy (non-hydrogen) atoms. The van der Waals surface area contributed by atoms with E-state index < -0.39 is 0 Å². The first-order valence-corrected chi connectivity index (χ1v) is 5.12. The highest BCUT2D eigenvalue weighted by molar-refractivity contribution is 7.80. The van der Waals surface area contributed by atoms with Crippen molar-refractivity contribution in [3.63, 3.8) is 0 Å². The third-order valence-corrected chi connectivity index (χ3v) is 2.07. The first-order chi connectivity index (χ1) is 5.81. The van der Waals surface area contributed by atoms with Crippen LogP contribution in [0, 0.1) is 5.92 Å². The monoisotopic (exact) mass is 192 g/mol. The molecule has 0 fully saturated rings. The third kappa shape index (κ3) is 8.37. The van der Waals surface area contributed by atoms with Gasteiger partial charge in [0.2, 0.25) is 0 Å². The molecule has 0 saturated heterocycles. The van der Waals surface area contributed by atoms with Gasteiger partial charge in [0.1, 0.15) is 0 Å². The van der Waals surface area contributed by atoms with Crippen LogP contribution in [0.2, 0.25) is 0 Å².